The third-order valence-electron chi connectivity index (χ3n) is 3.42. The molecule has 2 rings (SSSR count). The molecule has 0 saturated heterocycles. The third kappa shape index (κ3) is 0.897. The molecule has 1 heterocycles. The van der Waals surface area contributed by atoms with Gasteiger partial charge in [-0.1, -0.05) is 13.8 Å². The number of hydrogen-bond donors (Lipinski definition) is 1. The highest BCUT2D eigenvalue weighted by Crippen LogP contribution is 2.65. The molecule has 0 aromatic carbocycles. The van der Waals surface area contributed by atoms with Gasteiger partial charge in [0, 0.05) is 5.56 Å². The van der Waals surface area contributed by atoms with E-state index in [0.717, 1.165) is 11.3 Å². The van der Waals surface area contributed by atoms with E-state index in [1.54, 1.807) is 12.3 Å². The minimum Gasteiger partial charge on any atom is -0.481 e. The number of carboxylic acid groups (broad SMARTS) is 1. The lowest BCUT2D eigenvalue weighted by molar-refractivity contribution is -0.141. The van der Waals surface area contributed by atoms with Gasteiger partial charge in [0.1, 0.15) is 11.2 Å². The van der Waals surface area contributed by atoms with Crippen LogP contribution in [0.5, 0.6) is 0 Å². The fraction of sp³-hybridized carbons (Fsp3) is 0.545. The van der Waals surface area contributed by atoms with Crippen LogP contribution in [0.3, 0.4) is 0 Å². The lowest BCUT2D eigenvalue weighted by Crippen LogP contribution is -2.25. The summed E-state index contributed by atoms with van der Waals surface area (Å²) in [6.07, 6.45) is 2.25. The van der Waals surface area contributed by atoms with Gasteiger partial charge in [0.05, 0.1) is 6.26 Å². The molecule has 1 N–H and O–H groups in total. The van der Waals surface area contributed by atoms with Crippen LogP contribution in [0.1, 0.15) is 31.6 Å². The Labute approximate surface area is 82.7 Å². The van der Waals surface area contributed by atoms with E-state index in [1.165, 1.54) is 0 Å². The molecule has 1 atom stereocenters. The Kier molecular flexibility index (Phi) is 1.60. The molecule has 1 unspecified atom stereocenters. The van der Waals surface area contributed by atoms with Gasteiger partial charge in [0.25, 0.3) is 0 Å². The maximum Gasteiger partial charge on any atom is 0.314 e. The quantitative estimate of drug-likeness (QED) is 0.786. The molecule has 3 nitrogen and oxygen atoms in total. The number of furan rings is 1. The van der Waals surface area contributed by atoms with E-state index in [-0.39, 0.29) is 5.41 Å². The summed E-state index contributed by atoms with van der Waals surface area (Å²) in [5.74, 6) is -0.0232. The highest BCUT2D eigenvalue weighted by atomic mass is 16.4. The third-order valence-corrected chi connectivity index (χ3v) is 3.42. The molecule has 1 aliphatic carbocycles. The summed E-state index contributed by atoms with van der Waals surface area (Å²) < 4.78 is 5.17. The molecule has 1 aromatic heterocycles. The van der Waals surface area contributed by atoms with Crippen molar-refractivity contribution in [2.45, 2.75) is 32.6 Å². The number of aliphatic carboxylic acids is 1. The van der Waals surface area contributed by atoms with Crippen molar-refractivity contribution in [2.75, 3.05) is 0 Å². The van der Waals surface area contributed by atoms with Crippen molar-refractivity contribution in [3.05, 3.63) is 23.7 Å². The summed E-state index contributed by atoms with van der Waals surface area (Å²) in [4.78, 5) is 11.3. The van der Waals surface area contributed by atoms with Gasteiger partial charge in [-0.15, -0.1) is 0 Å². The van der Waals surface area contributed by atoms with Crippen molar-refractivity contribution < 1.29 is 14.3 Å². The molecule has 1 fully saturated rings. The Morgan fingerprint density at radius 1 is 1.57 bits per heavy atom. The molecule has 76 valence electrons. The molecule has 1 aliphatic rings. The number of aryl methyl sites for hydroxylation is 1. The maximum absolute atomic E-state index is 11.3. The smallest absolute Gasteiger partial charge is 0.314 e. The molecule has 0 amide bonds. The van der Waals surface area contributed by atoms with E-state index >= 15 is 0 Å². The first kappa shape index (κ1) is 9.31. The number of carboxylic acids is 1. The summed E-state index contributed by atoms with van der Waals surface area (Å²) in [7, 11) is 0. The van der Waals surface area contributed by atoms with Gasteiger partial charge in [-0.05, 0) is 24.8 Å². The lowest BCUT2D eigenvalue weighted by atomic mass is 9.88. The Balaban J connectivity index is 2.52. The zero-order valence-electron chi connectivity index (χ0n) is 8.63. The van der Waals surface area contributed by atoms with Crippen LogP contribution in [-0.4, -0.2) is 11.1 Å². The first-order valence-electron chi connectivity index (χ1n) is 4.70. The zero-order valence-corrected chi connectivity index (χ0v) is 8.63. The zero-order chi connectivity index (χ0) is 10.6. The van der Waals surface area contributed by atoms with Gasteiger partial charge < -0.3 is 9.52 Å². The van der Waals surface area contributed by atoms with E-state index in [1.807, 2.05) is 20.8 Å². The van der Waals surface area contributed by atoms with E-state index in [2.05, 4.69) is 0 Å². The normalized spacial score (nSPS) is 28.8. The number of hydrogen-bond acceptors (Lipinski definition) is 2. The van der Waals surface area contributed by atoms with Crippen molar-refractivity contribution in [1.29, 1.82) is 0 Å². The molecule has 1 aromatic rings. The van der Waals surface area contributed by atoms with Crippen LogP contribution in [0.2, 0.25) is 0 Å². The predicted octanol–water partition coefficient (Wildman–Crippen LogP) is 2.34. The van der Waals surface area contributed by atoms with Crippen LogP contribution in [-0.2, 0) is 10.2 Å². The second kappa shape index (κ2) is 2.41. The average Bonchev–Trinajstić information content (AvgIpc) is 2.44. The maximum atomic E-state index is 11.3. The highest BCUT2D eigenvalue weighted by molar-refractivity contribution is 5.87. The van der Waals surface area contributed by atoms with E-state index in [0.29, 0.717) is 6.42 Å². The van der Waals surface area contributed by atoms with Crippen LogP contribution < -0.4 is 0 Å². The molecule has 0 radical (unpaired) electrons. The Bertz CT molecular complexity index is 389. The predicted molar refractivity (Wildman–Crippen MR) is 51.2 cm³/mol. The molecule has 0 bridgehead atoms. The molecule has 0 aliphatic heterocycles. The molecule has 0 spiro atoms. The molecule has 1 saturated carbocycles. The van der Waals surface area contributed by atoms with Crippen LogP contribution >= 0.6 is 0 Å². The first-order valence-corrected chi connectivity index (χ1v) is 4.70. The lowest BCUT2D eigenvalue weighted by Gasteiger charge is -2.14. The number of carbonyl (C=O) groups is 1. The summed E-state index contributed by atoms with van der Waals surface area (Å²) in [6, 6.07) is 1.78. The first-order chi connectivity index (χ1) is 6.42. The Morgan fingerprint density at radius 2 is 2.14 bits per heavy atom. The summed E-state index contributed by atoms with van der Waals surface area (Å²) >= 11 is 0. The summed E-state index contributed by atoms with van der Waals surface area (Å²) in [6.45, 7) is 5.77. The fourth-order valence-corrected chi connectivity index (χ4v) is 2.39. The second-order valence-corrected chi connectivity index (χ2v) is 4.66. The van der Waals surface area contributed by atoms with Gasteiger partial charge in [-0.25, -0.2) is 0 Å². The van der Waals surface area contributed by atoms with Crippen molar-refractivity contribution in [2.24, 2.45) is 5.41 Å². The van der Waals surface area contributed by atoms with Gasteiger partial charge >= 0.3 is 5.97 Å². The summed E-state index contributed by atoms with van der Waals surface area (Å²) in [5, 5.41) is 9.29. The van der Waals surface area contributed by atoms with Crippen molar-refractivity contribution in [3.63, 3.8) is 0 Å². The van der Waals surface area contributed by atoms with Crippen molar-refractivity contribution in [1.82, 2.24) is 0 Å². The largest absolute Gasteiger partial charge is 0.481 e. The molecular formula is C11H14O3. The van der Waals surface area contributed by atoms with Gasteiger partial charge in [0.15, 0.2) is 0 Å². The van der Waals surface area contributed by atoms with E-state index in [9.17, 15) is 9.90 Å². The molecular weight excluding hydrogens is 180 g/mol. The van der Waals surface area contributed by atoms with E-state index < -0.39 is 11.4 Å². The molecule has 14 heavy (non-hydrogen) atoms. The van der Waals surface area contributed by atoms with E-state index in [4.69, 9.17) is 4.42 Å². The van der Waals surface area contributed by atoms with Gasteiger partial charge in [-0.3, -0.25) is 4.79 Å². The average molecular weight is 194 g/mol. The SMILES string of the molecule is Cc1occc1C1(C(=O)O)CC1(C)C. The van der Waals surface area contributed by atoms with Gasteiger partial charge in [0.2, 0.25) is 0 Å². The monoisotopic (exact) mass is 194 g/mol. The minimum absolute atomic E-state index is 0.159. The minimum atomic E-state index is -0.744. The fourth-order valence-electron chi connectivity index (χ4n) is 2.39. The van der Waals surface area contributed by atoms with Crippen LogP contribution in [0.15, 0.2) is 16.7 Å². The Hall–Kier alpha value is -1.25. The van der Waals surface area contributed by atoms with Crippen molar-refractivity contribution >= 4 is 5.97 Å². The van der Waals surface area contributed by atoms with Crippen molar-refractivity contribution in [3.8, 4) is 0 Å². The highest BCUT2D eigenvalue weighted by Gasteiger charge is 2.68. The topological polar surface area (TPSA) is 50.4 Å². The number of rotatable bonds is 2. The molecule has 3 heteroatoms. The Morgan fingerprint density at radius 3 is 2.43 bits per heavy atom. The van der Waals surface area contributed by atoms with Gasteiger partial charge in [-0.2, -0.15) is 0 Å². The standard InChI is InChI=1S/C11H14O3/c1-7-8(4-5-14-7)11(9(12)13)6-10(11,2)3/h4-5H,6H2,1-3H3,(H,12,13). The van der Waals surface area contributed by atoms with Crippen LogP contribution in [0.4, 0.5) is 0 Å². The second-order valence-electron chi connectivity index (χ2n) is 4.66. The van der Waals surface area contributed by atoms with Crippen LogP contribution in [0.25, 0.3) is 0 Å². The van der Waals surface area contributed by atoms with Crippen LogP contribution in [0, 0.1) is 12.3 Å². The summed E-state index contributed by atoms with van der Waals surface area (Å²) in [5.41, 5.74) is -0.0487.